The van der Waals surface area contributed by atoms with Crippen LogP contribution in [0.1, 0.15) is 12.5 Å². The molecule has 3 aromatic rings. The van der Waals surface area contributed by atoms with Crippen LogP contribution >= 0.6 is 34.7 Å². The molecule has 2 heterocycles. The number of amides is 1. The van der Waals surface area contributed by atoms with Gasteiger partial charge in [-0.2, -0.15) is 4.99 Å². The zero-order valence-corrected chi connectivity index (χ0v) is 18.5. The molecule has 0 spiro atoms. The molecule has 1 aliphatic rings. The number of amidine groups is 1. The van der Waals surface area contributed by atoms with E-state index < -0.39 is 0 Å². The number of thiazole rings is 1. The van der Waals surface area contributed by atoms with E-state index >= 15 is 0 Å². The maximum atomic E-state index is 12.8. The maximum Gasteiger partial charge on any atom is 0.266 e. The van der Waals surface area contributed by atoms with E-state index in [2.05, 4.69) is 9.98 Å². The van der Waals surface area contributed by atoms with Crippen molar-refractivity contribution in [2.45, 2.75) is 6.92 Å². The SMILES string of the molecule is CCN1C(=O)/C(=C/C(Cl)=C/c2ccccc2)S/C1=N/c1nc(-c2ccccc2)cs1. The first-order valence-corrected chi connectivity index (χ1v) is 11.4. The van der Waals surface area contributed by atoms with E-state index in [9.17, 15) is 4.79 Å². The molecule has 1 aromatic heterocycles. The number of hydrogen-bond donors (Lipinski definition) is 0. The standard InChI is InChI=1S/C23H18ClN3OS2/c1-2-27-21(28)20(14-18(24)13-16-9-5-3-6-10-16)30-23(27)26-22-25-19(15-29-22)17-11-7-4-8-12-17/h3-15H,2H2,1H3/b18-13-,20-14-,26-23+. The van der Waals surface area contributed by atoms with Crippen LogP contribution in [-0.4, -0.2) is 27.5 Å². The van der Waals surface area contributed by atoms with E-state index in [1.165, 1.54) is 23.1 Å². The van der Waals surface area contributed by atoms with Crippen molar-refractivity contribution >= 4 is 57.0 Å². The third-order valence-electron chi connectivity index (χ3n) is 4.33. The van der Waals surface area contributed by atoms with Gasteiger partial charge in [0.15, 0.2) is 5.17 Å². The molecule has 30 heavy (non-hydrogen) atoms. The highest BCUT2D eigenvalue weighted by Crippen LogP contribution is 2.35. The van der Waals surface area contributed by atoms with Gasteiger partial charge in [-0.1, -0.05) is 72.3 Å². The Kier molecular flexibility index (Phi) is 6.47. The van der Waals surface area contributed by atoms with Crippen molar-refractivity contribution in [2.24, 2.45) is 4.99 Å². The number of halogens is 1. The van der Waals surface area contributed by atoms with Crippen LogP contribution in [-0.2, 0) is 4.79 Å². The van der Waals surface area contributed by atoms with Gasteiger partial charge in [-0.25, -0.2) is 4.98 Å². The summed E-state index contributed by atoms with van der Waals surface area (Å²) >= 11 is 9.16. The highest BCUT2D eigenvalue weighted by Gasteiger charge is 2.32. The van der Waals surface area contributed by atoms with Crippen molar-refractivity contribution in [1.29, 1.82) is 0 Å². The van der Waals surface area contributed by atoms with Gasteiger partial charge in [0.1, 0.15) is 0 Å². The molecular formula is C23H18ClN3OS2. The van der Waals surface area contributed by atoms with Crippen molar-refractivity contribution in [3.8, 4) is 11.3 Å². The van der Waals surface area contributed by atoms with Crippen LogP contribution < -0.4 is 0 Å². The third kappa shape index (κ3) is 4.73. The molecule has 0 N–H and O–H groups in total. The average Bonchev–Trinajstić information content (AvgIpc) is 3.34. The van der Waals surface area contributed by atoms with Gasteiger partial charge < -0.3 is 0 Å². The molecule has 0 atom stereocenters. The second-order valence-corrected chi connectivity index (χ2v) is 8.66. The first-order valence-electron chi connectivity index (χ1n) is 9.37. The normalized spacial score (nSPS) is 17.3. The second-order valence-electron chi connectivity index (χ2n) is 6.38. The highest BCUT2D eigenvalue weighted by atomic mass is 35.5. The predicted octanol–water partition coefficient (Wildman–Crippen LogP) is 6.56. The molecule has 4 rings (SSSR count). The summed E-state index contributed by atoms with van der Waals surface area (Å²) in [4.78, 5) is 24.2. The number of benzene rings is 2. The maximum absolute atomic E-state index is 12.8. The summed E-state index contributed by atoms with van der Waals surface area (Å²) in [5.41, 5.74) is 2.90. The van der Waals surface area contributed by atoms with Crippen LogP contribution in [0.5, 0.6) is 0 Å². The largest absolute Gasteiger partial charge is 0.287 e. The zero-order valence-electron chi connectivity index (χ0n) is 16.2. The first-order chi connectivity index (χ1) is 14.6. The quantitative estimate of drug-likeness (QED) is 0.413. The van der Waals surface area contributed by atoms with Gasteiger partial charge in [0.2, 0.25) is 5.13 Å². The second kappa shape index (κ2) is 9.43. The highest BCUT2D eigenvalue weighted by molar-refractivity contribution is 8.18. The summed E-state index contributed by atoms with van der Waals surface area (Å²) in [6.07, 6.45) is 3.53. The summed E-state index contributed by atoms with van der Waals surface area (Å²) < 4.78 is 0. The van der Waals surface area contributed by atoms with Crippen molar-refractivity contribution in [3.63, 3.8) is 0 Å². The lowest BCUT2D eigenvalue weighted by Gasteiger charge is -2.11. The molecule has 0 radical (unpaired) electrons. The summed E-state index contributed by atoms with van der Waals surface area (Å²) in [7, 11) is 0. The molecule has 2 aromatic carbocycles. The fraction of sp³-hybridized carbons (Fsp3) is 0.0870. The third-order valence-corrected chi connectivity index (χ3v) is 6.29. The van der Waals surface area contributed by atoms with Gasteiger partial charge in [0, 0.05) is 22.5 Å². The number of nitrogens with zero attached hydrogens (tertiary/aromatic N) is 3. The van der Waals surface area contributed by atoms with Crippen LogP contribution in [0.3, 0.4) is 0 Å². The minimum atomic E-state index is -0.0966. The number of rotatable bonds is 5. The van der Waals surface area contributed by atoms with Gasteiger partial charge in [0.25, 0.3) is 5.91 Å². The average molecular weight is 452 g/mol. The van der Waals surface area contributed by atoms with Crippen molar-refractivity contribution < 1.29 is 4.79 Å². The lowest BCUT2D eigenvalue weighted by atomic mass is 10.2. The molecule has 1 fully saturated rings. The summed E-state index contributed by atoms with van der Waals surface area (Å²) in [6.45, 7) is 2.45. The number of thioether (sulfide) groups is 1. The van der Waals surface area contributed by atoms with Gasteiger partial charge in [-0.3, -0.25) is 9.69 Å². The molecule has 7 heteroatoms. The Hall–Kier alpha value is -2.67. The Bertz CT molecular complexity index is 1140. The number of aromatic nitrogens is 1. The molecule has 0 bridgehead atoms. The molecule has 150 valence electrons. The molecule has 0 saturated carbocycles. The molecule has 1 saturated heterocycles. The van der Waals surface area contributed by atoms with Crippen LogP contribution in [0.2, 0.25) is 0 Å². The minimum absolute atomic E-state index is 0.0966. The number of aliphatic imine (C=N–C) groups is 1. The summed E-state index contributed by atoms with van der Waals surface area (Å²) in [6, 6.07) is 19.7. The van der Waals surface area contributed by atoms with E-state index in [4.69, 9.17) is 11.6 Å². The monoisotopic (exact) mass is 451 g/mol. The number of carbonyl (C=O) groups excluding carboxylic acids is 1. The van der Waals surface area contributed by atoms with Gasteiger partial charge in [-0.05, 0) is 36.4 Å². The molecule has 0 aliphatic carbocycles. The predicted molar refractivity (Wildman–Crippen MR) is 128 cm³/mol. The lowest BCUT2D eigenvalue weighted by Crippen LogP contribution is -2.28. The fourth-order valence-electron chi connectivity index (χ4n) is 2.88. The van der Waals surface area contributed by atoms with E-state index in [-0.39, 0.29) is 5.91 Å². The minimum Gasteiger partial charge on any atom is -0.287 e. The molecule has 1 aliphatic heterocycles. The van der Waals surface area contributed by atoms with Crippen LogP contribution in [0.15, 0.2) is 87.0 Å². The topological polar surface area (TPSA) is 45.6 Å². The van der Waals surface area contributed by atoms with Gasteiger partial charge >= 0.3 is 0 Å². The van der Waals surface area contributed by atoms with Gasteiger partial charge in [0.05, 0.1) is 10.6 Å². The van der Waals surface area contributed by atoms with Crippen LogP contribution in [0.25, 0.3) is 17.3 Å². The number of carbonyl (C=O) groups is 1. The molecule has 1 amide bonds. The Balaban J connectivity index is 1.58. The molecule has 0 unspecified atom stereocenters. The van der Waals surface area contributed by atoms with E-state index in [1.54, 1.807) is 11.0 Å². The van der Waals surface area contributed by atoms with Crippen LogP contribution in [0.4, 0.5) is 5.13 Å². The number of likely N-dealkylation sites (N-methyl/N-ethyl adjacent to an activating group) is 1. The Morgan fingerprint density at radius 1 is 1.13 bits per heavy atom. The molecular weight excluding hydrogens is 434 g/mol. The van der Waals surface area contributed by atoms with Crippen molar-refractivity contribution in [2.75, 3.05) is 6.54 Å². The zero-order chi connectivity index (χ0) is 20.9. The van der Waals surface area contributed by atoms with E-state index in [0.29, 0.717) is 26.8 Å². The number of hydrogen-bond acceptors (Lipinski definition) is 5. The Morgan fingerprint density at radius 2 is 1.83 bits per heavy atom. The first kappa shape index (κ1) is 20.6. The van der Waals surface area contributed by atoms with Gasteiger partial charge in [-0.15, -0.1) is 11.3 Å². The lowest BCUT2D eigenvalue weighted by molar-refractivity contribution is -0.122. The van der Waals surface area contributed by atoms with Crippen molar-refractivity contribution in [1.82, 2.24) is 9.88 Å². The Labute approximate surface area is 188 Å². The summed E-state index contributed by atoms with van der Waals surface area (Å²) in [5, 5.41) is 3.71. The molecule has 4 nitrogen and oxygen atoms in total. The summed E-state index contributed by atoms with van der Waals surface area (Å²) in [5.74, 6) is -0.0966. The van der Waals surface area contributed by atoms with Crippen molar-refractivity contribution in [3.05, 3.63) is 87.6 Å². The van der Waals surface area contributed by atoms with Crippen LogP contribution in [0, 0.1) is 0 Å². The van der Waals surface area contributed by atoms with E-state index in [1.807, 2.05) is 79.0 Å². The van der Waals surface area contributed by atoms with E-state index in [0.717, 1.165) is 16.8 Å². The Morgan fingerprint density at radius 3 is 2.53 bits per heavy atom. The fourth-order valence-corrected chi connectivity index (χ4v) is 4.97. The number of allylic oxidation sites excluding steroid dienone is 2. The smallest absolute Gasteiger partial charge is 0.266 e.